The largest absolute Gasteiger partial charge is 0.491 e. The van der Waals surface area contributed by atoms with E-state index in [1.54, 1.807) is 12.1 Å². The number of amides is 1. The monoisotopic (exact) mass is 370 g/mol. The third-order valence-electron chi connectivity index (χ3n) is 4.87. The van der Waals surface area contributed by atoms with E-state index in [2.05, 4.69) is 10.2 Å². The molecule has 1 atom stereocenters. The van der Waals surface area contributed by atoms with Crippen LogP contribution < -0.4 is 10.1 Å². The van der Waals surface area contributed by atoms with Crippen LogP contribution in [0.25, 0.3) is 0 Å². The van der Waals surface area contributed by atoms with E-state index in [9.17, 15) is 4.79 Å². The second-order valence-corrected chi connectivity index (χ2v) is 7.46. The van der Waals surface area contributed by atoms with Crippen LogP contribution in [0.5, 0.6) is 5.75 Å². The number of furan rings is 1. The number of piperidine rings is 1. The Morgan fingerprint density at radius 3 is 2.41 bits per heavy atom. The normalized spacial score (nSPS) is 16.3. The van der Waals surface area contributed by atoms with Crippen molar-refractivity contribution in [3.05, 3.63) is 53.5 Å². The van der Waals surface area contributed by atoms with Crippen LogP contribution in [0.3, 0.4) is 0 Å². The molecule has 2 aromatic rings. The molecule has 1 fully saturated rings. The number of ether oxygens (including phenoxy) is 1. The molecule has 5 nitrogen and oxygen atoms in total. The van der Waals surface area contributed by atoms with Crippen LogP contribution in [-0.4, -0.2) is 36.5 Å². The quantitative estimate of drug-likeness (QED) is 0.788. The van der Waals surface area contributed by atoms with Gasteiger partial charge in [-0.1, -0.05) is 6.42 Å². The van der Waals surface area contributed by atoms with Crippen molar-refractivity contribution in [1.82, 2.24) is 10.2 Å². The summed E-state index contributed by atoms with van der Waals surface area (Å²) < 4.78 is 11.5. The Hall–Kier alpha value is -2.27. The maximum atomic E-state index is 12.6. The zero-order valence-electron chi connectivity index (χ0n) is 16.5. The summed E-state index contributed by atoms with van der Waals surface area (Å²) in [6.07, 6.45) is 3.78. The summed E-state index contributed by atoms with van der Waals surface area (Å²) in [5.41, 5.74) is 0.638. The predicted molar refractivity (Wildman–Crippen MR) is 106 cm³/mol. The molecule has 1 aliphatic heterocycles. The minimum absolute atomic E-state index is 0.0728. The fourth-order valence-corrected chi connectivity index (χ4v) is 3.52. The van der Waals surface area contributed by atoms with E-state index < -0.39 is 0 Å². The molecule has 1 saturated heterocycles. The van der Waals surface area contributed by atoms with E-state index >= 15 is 0 Å². The lowest BCUT2D eigenvalue weighted by Crippen LogP contribution is -2.40. The first-order valence-electron chi connectivity index (χ1n) is 9.88. The molecule has 0 bridgehead atoms. The molecule has 1 amide bonds. The standard InChI is InChI=1S/C22H30N2O3/c1-16(2)26-19-10-8-18(9-11-19)22(25)23-15-20(21-12-7-17(3)27-21)24-13-5-4-6-14-24/h7-12,16,20H,4-6,13-15H2,1-3H3,(H,23,25)/t20-/m1/s1. The summed E-state index contributed by atoms with van der Waals surface area (Å²) >= 11 is 0. The fraction of sp³-hybridized carbons (Fsp3) is 0.500. The first-order valence-corrected chi connectivity index (χ1v) is 9.88. The average Bonchev–Trinajstić information content (AvgIpc) is 3.09. The van der Waals surface area contributed by atoms with Crippen molar-refractivity contribution in [2.75, 3.05) is 19.6 Å². The highest BCUT2D eigenvalue weighted by molar-refractivity contribution is 5.94. The lowest BCUT2D eigenvalue weighted by molar-refractivity contribution is 0.0913. The molecule has 1 aromatic carbocycles. The van der Waals surface area contributed by atoms with Crippen LogP contribution in [0, 0.1) is 6.92 Å². The molecule has 27 heavy (non-hydrogen) atoms. The molecule has 5 heteroatoms. The summed E-state index contributed by atoms with van der Waals surface area (Å²) in [5.74, 6) is 2.53. The van der Waals surface area contributed by atoms with E-state index in [1.165, 1.54) is 19.3 Å². The molecule has 0 unspecified atom stereocenters. The van der Waals surface area contributed by atoms with Crippen molar-refractivity contribution in [3.63, 3.8) is 0 Å². The second kappa shape index (κ2) is 9.09. The third kappa shape index (κ3) is 5.36. The molecule has 2 heterocycles. The third-order valence-corrected chi connectivity index (χ3v) is 4.87. The maximum absolute atomic E-state index is 12.6. The van der Waals surface area contributed by atoms with Gasteiger partial charge in [-0.3, -0.25) is 9.69 Å². The van der Waals surface area contributed by atoms with Crippen LogP contribution in [0.1, 0.15) is 61.0 Å². The van der Waals surface area contributed by atoms with Gasteiger partial charge < -0.3 is 14.5 Å². The van der Waals surface area contributed by atoms with Gasteiger partial charge in [0.25, 0.3) is 5.91 Å². The topological polar surface area (TPSA) is 54.7 Å². The number of nitrogens with one attached hydrogen (secondary N) is 1. The second-order valence-electron chi connectivity index (χ2n) is 7.46. The van der Waals surface area contributed by atoms with Gasteiger partial charge in [0.1, 0.15) is 17.3 Å². The lowest BCUT2D eigenvalue weighted by atomic mass is 10.1. The first-order chi connectivity index (χ1) is 13.0. The highest BCUT2D eigenvalue weighted by Gasteiger charge is 2.25. The Balaban J connectivity index is 1.64. The van der Waals surface area contributed by atoms with Gasteiger partial charge in [-0.25, -0.2) is 0 Å². The van der Waals surface area contributed by atoms with Crippen LogP contribution in [0.4, 0.5) is 0 Å². The number of aryl methyl sites for hydroxylation is 1. The van der Waals surface area contributed by atoms with Gasteiger partial charge in [-0.2, -0.15) is 0 Å². The minimum atomic E-state index is -0.0728. The lowest BCUT2D eigenvalue weighted by Gasteiger charge is -2.33. The number of carbonyl (C=O) groups is 1. The van der Waals surface area contributed by atoms with Crippen molar-refractivity contribution in [2.24, 2.45) is 0 Å². The average molecular weight is 370 g/mol. The smallest absolute Gasteiger partial charge is 0.251 e. The molecule has 1 aliphatic rings. The fourth-order valence-electron chi connectivity index (χ4n) is 3.52. The van der Waals surface area contributed by atoms with E-state index in [-0.39, 0.29) is 18.1 Å². The number of hydrogen-bond acceptors (Lipinski definition) is 4. The number of likely N-dealkylation sites (tertiary alicyclic amines) is 1. The van der Waals surface area contributed by atoms with Gasteiger partial charge in [0.15, 0.2) is 0 Å². The Morgan fingerprint density at radius 2 is 1.81 bits per heavy atom. The van der Waals surface area contributed by atoms with Gasteiger partial charge in [-0.15, -0.1) is 0 Å². The predicted octanol–water partition coefficient (Wildman–Crippen LogP) is 4.33. The molecule has 0 radical (unpaired) electrons. The molecule has 0 spiro atoms. The van der Waals surface area contributed by atoms with Crippen molar-refractivity contribution in [1.29, 1.82) is 0 Å². The molecular weight excluding hydrogens is 340 g/mol. The van der Waals surface area contributed by atoms with E-state index in [0.29, 0.717) is 12.1 Å². The summed E-state index contributed by atoms with van der Waals surface area (Å²) in [7, 11) is 0. The molecule has 3 rings (SSSR count). The molecule has 1 aromatic heterocycles. The van der Waals surface area contributed by atoms with Gasteiger partial charge in [0.05, 0.1) is 12.1 Å². The molecule has 0 aliphatic carbocycles. The van der Waals surface area contributed by atoms with Crippen molar-refractivity contribution >= 4 is 5.91 Å². The summed E-state index contributed by atoms with van der Waals surface area (Å²) in [5, 5.41) is 3.08. The zero-order chi connectivity index (χ0) is 19.2. The van der Waals surface area contributed by atoms with Crippen LogP contribution in [0.2, 0.25) is 0 Å². The summed E-state index contributed by atoms with van der Waals surface area (Å²) in [6, 6.07) is 11.4. The molecule has 0 saturated carbocycles. The van der Waals surface area contributed by atoms with Gasteiger partial charge in [0.2, 0.25) is 0 Å². The SMILES string of the molecule is Cc1ccc([C@@H](CNC(=O)c2ccc(OC(C)C)cc2)N2CCCCC2)o1. The van der Waals surface area contributed by atoms with Crippen molar-refractivity contribution in [3.8, 4) is 5.75 Å². The Morgan fingerprint density at radius 1 is 1.11 bits per heavy atom. The van der Waals surface area contributed by atoms with Gasteiger partial charge >= 0.3 is 0 Å². The van der Waals surface area contributed by atoms with Crippen LogP contribution in [0.15, 0.2) is 40.8 Å². The van der Waals surface area contributed by atoms with Gasteiger partial charge in [0, 0.05) is 12.1 Å². The van der Waals surface area contributed by atoms with E-state index in [1.807, 2.05) is 45.0 Å². The molecular formula is C22H30N2O3. The number of carbonyl (C=O) groups excluding carboxylic acids is 1. The highest BCUT2D eigenvalue weighted by atomic mass is 16.5. The van der Waals surface area contributed by atoms with Gasteiger partial charge in [-0.05, 0) is 83.1 Å². The number of nitrogens with zero attached hydrogens (tertiary/aromatic N) is 1. The van der Waals surface area contributed by atoms with Crippen molar-refractivity contribution < 1.29 is 13.9 Å². The van der Waals surface area contributed by atoms with Crippen molar-refractivity contribution in [2.45, 2.75) is 52.2 Å². The Kier molecular flexibility index (Phi) is 6.56. The number of benzene rings is 1. The van der Waals surface area contributed by atoms with Crippen LogP contribution in [-0.2, 0) is 0 Å². The summed E-state index contributed by atoms with van der Waals surface area (Å²) in [4.78, 5) is 15.0. The number of rotatable bonds is 7. The Labute approximate surface area is 161 Å². The van der Waals surface area contributed by atoms with E-state index in [0.717, 1.165) is 30.4 Å². The van der Waals surface area contributed by atoms with Crippen LogP contribution >= 0.6 is 0 Å². The van der Waals surface area contributed by atoms with E-state index in [4.69, 9.17) is 9.15 Å². The number of hydrogen-bond donors (Lipinski definition) is 1. The summed E-state index contributed by atoms with van der Waals surface area (Å²) in [6.45, 7) is 8.55. The highest BCUT2D eigenvalue weighted by Crippen LogP contribution is 2.26. The Bertz CT molecular complexity index is 730. The molecule has 146 valence electrons. The minimum Gasteiger partial charge on any atom is -0.491 e. The molecule has 1 N–H and O–H groups in total. The first kappa shape index (κ1) is 19.5. The maximum Gasteiger partial charge on any atom is 0.251 e. The zero-order valence-corrected chi connectivity index (χ0v) is 16.5.